The van der Waals surface area contributed by atoms with Gasteiger partial charge in [-0.2, -0.15) is 5.26 Å². The van der Waals surface area contributed by atoms with E-state index >= 15 is 0 Å². The maximum absolute atomic E-state index is 12.7. The quantitative estimate of drug-likeness (QED) is 0.802. The van der Waals surface area contributed by atoms with Crippen molar-refractivity contribution in [3.05, 3.63) is 59.9 Å². The second-order valence-electron chi connectivity index (χ2n) is 7.75. The minimum Gasteiger partial charge on any atom is -0.490 e. The van der Waals surface area contributed by atoms with Gasteiger partial charge in [-0.15, -0.1) is 0 Å². The molecule has 2 fully saturated rings. The summed E-state index contributed by atoms with van der Waals surface area (Å²) < 4.78 is 6.06. The maximum Gasteiger partial charge on any atom is 0.253 e. The monoisotopic (exact) mass is 390 g/mol. The molecule has 2 saturated heterocycles. The lowest BCUT2D eigenvalue weighted by molar-refractivity contribution is 0.0425. The molecule has 0 N–H and O–H groups in total. The summed E-state index contributed by atoms with van der Waals surface area (Å²) in [6.45, 7) is 3.62. The first-order valence-electron chi connectivity index (χ1n) is 10.3. The van der Waals surface area contributed by atoms with Crippen LogP contribution in [0.5, 0.6) is 5.75 Å². The summed E-state index contributed by atoms with van der Waals surface area (Å²) in [5, 5.41) is 9.04. The molecule has 2 aliphatic rings. The van der Waals surface area contributed by atoms with Crippen molar-refractivity contribution in [3.8, 4) is 11.8 Å². The molecule has 3 heterocycles. The molecule has 150 valence electrons. The fourth-order valence-corrected chi connectivity index (χ4v) is 4.31. The third kappa shape index (κ3) is 4.75. The zero-order chi connectivity index (χ0) is 20.1. The zero-order valence-electron chi connectivity index (χ0n) is 16.5. The van der Waals surface area contributed by atoms with Crippen LogP contribution in [0, 0.1) is 11.3 Å². The van der Waals surface area contributed by atoms with Crippen molar-refractivity contribution < 1.29 is 9.53 Å². The van der Waals surface area contributed by atoms with Crippen molar-refractivity contribution in [1.82, 2.24) is 14.8 Å². The number of nitrogens with zero attached hydrogens (tertiary/aromatic N) is 4. The Balaban J connectivity index is 1.25. The molecular formula is C23H26N4O2. The van der Waals surface area contributed by atoms with Crippen LogP contribution in [0.1, 0.15) is 41.6 Å². The summed E-state index contributed by atoms with van der Waals surface area (Å²) >= 11 is 0. The summed E-state index contributed by atoms with van der Waals surface area (Å²) in [7, 11) is 0. The molecule has 4 rings (SSSR count). The van der Waals surface area contributed by atoms with Crippen LogP contribution in [0.4, 0.5) is 0 Å². The largest absolute Gasteiger partial charge is 0.490 e. The van der Waals surface area contributed by atoms with Crippen LogP contribution < -0.4 is 4.74 Å². The van der Waals surface area contributed by atoms with Gasteiger partial charge in [0.1, 0.15) is 11.9 Å². The average Bonchev–Trinajstić information content (AvgIpc) is 2.80. The lowest BCUT2D eigenvalue weighted by atomic mass is 9.98. The first kappa shape index (κ1) is 19.4. The lowest BCUT2D eigenvalue weighted by Gasteiger charge is -2.41. The fraction of sp³-hybridized carbons (Fsp3) is 0.435. The summed E-state index contributed by atoms with van der Waals surface area (Å²) in [6.07, 6.45) is 7.85. The van der Waals surface area contributed by atoms with Gasteiger partial charge in [0.2, 0.25) is 0 Å². The molecule has 1 aromatic carbocycles. The molecule has 29 heavy (non-hydrogen) atoms. The maximum atomic E-state index is 12.7. The molecule has 0 unspecified atom stereocenters. The molecule has 0 bridgehead atoms. The van der Waals surface area contributed by atoms with Crippen LogP contribution in [0.3, 0.4) is 0 Å². The molecule has 1 amide bonds. The Labute approximate surface area is 171 Å². The standard InChI is InChI=1S/C23H26N4O2/c24-17-18-2-1-3-19(16-18)23(28)27-12-6-20(7-13-27)26-14-8-22(9-15-26)29-21-4-10-25-11-5-21/h1-5,10-11,16,20,22H,6-9,12-15H2. The van der Waals surface area contributed by atoms with E-state index in [0.717, 1.165) is 57.6 Å². The Kier molecular flexibility index (Phi) is 6.06. The van der Waals surface area contributed by atoms with E-state index in [-0.39, 0.29) is 12.0 Å². The number of benzene rings is 1. The highest BCUT2D eigenvalue weighted by Crippen LogP contribution is 2.24. The van der Waals surface area contributed by atoms with Crippen molar-refractivity contribution in [1.29, 1.82) is 5.26 Å². The highest BCUT2D eigenvalue weighted by Gasteiger charge is 2.30. The van der Waals surface area contributed by atoms with Crippen molar-refractivity contribution in [2.45, 2.75) is 37.8 Å². The number of carbonyl (C=O) groups excluding carboxylic acids is 1. The van der Waals surface area contributed by atoms with Crippen LogP contribution in [-0.4, -0.2) is 59.0 Å². The molecule has 6 heteroatoms. The Morgan fingerprint density at radius 1 is 1.03 bits per heavy atom. The highest BCUT2D eigenvalue weighted by atomic mass is 16.5. The lowest BCUT2D eigenvalue weighted by Crippen LogP contribution is -2.50. The third-order valence-corrected chi connectivity index (χ3v) is 5.94. The van der Waals surface area contributed by atoms with Crippen LogP contribution in [0.25, 0.3) is 0 Å². The van der Waals surface area contributed by atoms with Crippen LogP contribution in [0.2, 0.25) is 0 Å². The number of hydrogen-bond acceptors (Lipinski definition) is 5. The van der Waals surface area contributed by atoms with Gasteiger partial charge in [-0.25, -0.2) is 0 Å². The molecule has 0 aliphatic carbocycles. The first-order valence-corrected chi connectivity index (χ1v) is 10.3. The van der Waals surface area contributed by atoms with E-state index in [0.29, 0.717) is 17.2 Å². The second kappa shape index (κ2) is 9.06. The Morgan fingerprint density at radius 2 is 1.76 bits per heavy atom. The summed E-state index contributed by atoms with van der Waals surface area (Å²) in [5.41, 5.74) is 1.14. The van der Waals surface area contributed by atoms with E-state index in [9.17, 15) is 4.79 Å². The number of amides is 1. The molecular weight excluding hydrogens is 364 g/mol. The number of rotatable bonds is 4. The van der Waals surface area contributed by atoms with Gasteiger partial charge in [0, 0.05) is 50.2 Å². The highest BCUT2D eigenvalue weighted by molar-refractivity contribution is 5.94. The minimum absolute atomic E-state index is 0.0324. The predicted molar refractivity (Wildman–Crippen MR) is 110 cm³/mol. The number of likely N-dealkylation sites (tertiary alicyclic amines) is 2. The first-order chi connectivity index (χ1) is 14.2. The van der Waals surface area contributed by atoms with E-state index in [1.54, 1.807) is 36.7 Å². The van der Waals surface area contributed by atoms with Crippen LogP contribution >= 0.6 is 0 Å². The molecule has 6 nitrogen and oxygen atoms in total. The number of carbonyl (C=O) groups is 1. The van der Waals surface area contributed by atoms with Crippen molar-refractivity contribution in [2.75, 3.05) is 26.2 Å². The van der Waals surface area contributed by atoms with Gasteiger partial charge >= 0.3 is 0 Å². The van der Waals surface area contributed by atoms with Crippen molar-refractivity contribution in [2.24, 2.45) is 0 Å². The second-order valence-corrected chi connectivity index (χ2v) is 7.75. The molecule has 1 aromatic heterocycles. The minimum atomic E-state index is 0.0324. The topological polar surface area (TPSA) is 69.5 Å². The normalized spacial score (nSPS) is 18.9. The number of pyridine rings is 1. The van der Waals surface area contributed by atoms with E-state index in [1.807, 2.05) is 17.0 Å². The molecule has 2 aliphatic heterocycles. The molecule has 2 aromatic rings. The van der Waals surface area contributed by atoms with E-state index in [2.05, 4.69) is 16.0 Å². The van der Waals surface area contributed by atoms with Gasteiger partial charge in [-0.3, -0.25) is 14.7 Å². The van der Waals surface area contributed by atoms with Crippen molar-refractivity contribution >= 4 is 5.91 Å². The van der Waals surface area contributed by atoms with Crippen LogP contribution in [-0.2, 0) is 0 Å². The van der Waals surface area contributed by atoms with Crippen LogP contribution in [0.15, 0.2) is 48.8 Å². The van der Waals surface area contributed by atoms with E-state index in [4.69, 9.17) is 10.00 Å². The Morgan fingerprint density at radius 3 is 2.45 bits per heavy atom. The molecule has 0 atom stereocenters. The SMILES string of the molecule is N#Cc1cccc(C(=O)N2CCC(N3CCC(Oc4ccncc4)CC3)CC2)c1. The number of piperidine rings is 2. The van der Waals surface area contributed by atoms with Crippen molar-refractivity contribution in [3.63, 3.8) is 0 Å². The van der Waals surface area contributed by atoms with E-state index < -0.39 is 0 Å². The van der Waals surface area contributed by atoms with Gasteiger partial charge in [0.05, 0.1) is 11.6 Å². The number of hydrogen-bond donors (Lipinski definition) is 0. The van der Waals surface area contributed by atoms with Gasteiger partial charge in [-0.1, -0.05) is 6.07 Å². The van der Waals surface area contributed by atoms with Gasteiger partial charge in [0.15, 0.2) is 0 Å². The summed E-state index contributed by atoms with van der Waals surface area (Å²) in [4.78, 5) is 21.3. The molecule has 0 spiro atoms. The average molecular weight is 390 g/mol. The van der Waals surface area contributed by atoms with E-state index in [1.165, 1.54) is 0 Å². The third-order valence-electron chi connectivity index (χ3n) is 5.94. The number of aromatic nitrogens is 1. The Bertz CT molecular complexity index is 864. The smallest absolute Gasteiger partial charge is 0.253 e. The molecule has 0 radical (unpaired) electrons. The predicted octanol–water partition coefficient (Wildman–Crippen LogP) is 3.10. The fourth-order valence-electron chi connectivity index (χ4n) is 4.31. The van der Waals surface area contributed by atoms with Gasteiger partial charge in [-0.05, 0) is 56.0 Å². The number of ether oxygens (including phenoxy) is 1. The zero-order valence-corrected chi connectivity index (χ0v) is 16.5. The Hall–Kier alpha value is -2.91. The summed E-state index contributed by atoms with van der Waals surface area (Å²) in [6, 6.07) is 13.4. The van der Waals surface area contributed by atoms with Gasteiger partial charge in [0.25, 0.3) is 5.91 Å². The number of nitriles is 1. The van der Waals surface area contributed by atoms with Gasteiger partial charge < -0.3 is 9.64 Å². The molecule has 0 saturated carbocycles. The summed E-state index contributed by atoms with van der Waals surface area (Å²) in [5.74, 6) is 0.927.